The Morgan fingerprint density at radius 3 is 2.60 bits per heavy atom. The van der Waals surface area contributed by atoms with E-state index in [0.717, 1.165) is 65.2 Å². The van der Waals surface area contributed by atoms with Gasteiger partial charge in [0.05, 0.1) is 24.2 Å². The number of imidazole rings is 1. The zero-order chi connectivity index (χ0) is 23.8. The van der Waals surface area contributed by atoms with Gasteiger partial charge in [-0.1, -0.05) is 30.3 Å². The van der Waals surface area contributed by atoms with Crippen molar-refractivity contribution in [1.29, 1.82) is 0 Å². The Hall–Kier alpha value is -4.01. The van der Waals surface area contributed by atoms with E-state index in [1.807, 2.05) is 30.3 Å². The number of hydrogen-bond donors (Lipinski definition) is 2. The molecule has 1 aliphatic heterocycles. The number of H-pyrrole nitrogens is 1. The molecule has 1 saturated heterocycles. The second-order valence-corrected chi connectivity index (χ2v) is 8.73. The van der Waals surface area contributed by atoms with Gasteiger partial charge in [-0.2, -0.15) is 5.10 Å². The van der Waals surface area contributed by atoms with Crippen LogP contribution in [0.5, 0.6) is 0 Å². The Bertz CT molecular complexity index is 1570. The Kier molecular flexibility index (Phi) is 5.52. The normalized spacial score (nSPS) is 14.1. The highest BCUT2D eigenvalue weighted by atomic mass is 16.5. The molecule has 35 heavy (non-hydrogen) atoms. The molecule has 0 atom stereocenters. The summed E-state index contributed by atoms with van der Waals surface area (Å²) in [7, 11) is 1.67. The first-order chi connectivity index (χ1) is 17.2. The van der Waals surface area contributed by atoms with E-state index in [-0.39, 0.29) is 5.56 Å². The molecule has 0 unspecified atom stereocenters. The van der Waals surface area contributed by atoms with Crippen molar-refractivity contribution in [2.45, 2.75) is 6.61 Å². The number of ether oxygens (including phenoxy) is 1. The largest absolute Gasteiger partial charge is 0.378 e. The minimum atomic E-state index is -0.160. The number of para-hydroxylation sites is 1. The van der Waals surface area contributed by atoms with Crippen molar-refractivity contribution < 1.29 is 4.74 Å². The second-order valence-electron chi connectivity index (χ2n) is 8.73. The lowest BCUT2D eigenvalue weighted by molar-refractivity contribution is 0.181. The molecule has 8 heteroatoms. The maximum absolute atomic E-state index is 12.4. The highest BCUT2D eigenvalue weighted by Crippen LogP contribution is 2.31. The Balaban J connectivity index is 1.45. The number of anilines is 1. The number of hydrogen-bond acceptors (Lipinski definition) is 6. The van der Waals surface area contributed by atoms with Crippen LogP contribution in [0.4, 0.5) is 5.69 Å². The van der Waals surface area contributed by atoms with Crippen molar-refractivity contribution in [3.05, 3.63) is 82.9 Å². The highest BCUT2D eigenvalue weighted by Gasteiger charge is 2.17. The van der Waals surface area contributed by atoms with E-state index in [4.69, 9.17) is 9.84 Å². The van der Waals surface area contributed by atoms with E-state index in [0.29, 0.717) is 12.3 Å². The molecular weight excluding hydrogens is 440 g/mol. The SMILES string of the molecule is COCc1nn2c(-c3cc(=O)[nH]c4ccccc34)cnc2cc1-c1ccc(N2CCNCC2)cc1. The van der Waals surface area contributed by atoms with Crippen LogP contribution in [0.3, 0.4) is 0 Å². The summed E-state index contributed by atoms with van der Waals surface area (Å²) in [5.41, 5.74) is 6.98. The van der Waals surface area contributed by atoms with Crippen molar-refractivity contribution >= 4 is 22.2 Å². The molecule has 176 valence electrons. The molecule has 0 bridgehead atoms. The topological polar surface area (TPSA) is 87.5 Å². The maximum atomic E-state index is 12.4. The van der Waals surface area contributed by atoms with Crippen LogP contribution in [0.15, 0.2) is 71.7 Å². The van der Waals surface area contributed by atoms with Crippen LogP contribution < -0.4 is 15.8 Å². The Morgan fingerprint density at radius 1 is 1.00 bits per heavy atom. The van der Waals surface area contributed by atoms with Gasteiger partial charge in [0.2, 0.25) is 5.56 Å². The number of rotatable bonds is 5. The third-order valence-corrected chi connectivity index (χ3v) is 6.54. The van der Waals surface area contributed by atoms with E-state index in [2.05, 4.69) is 44.5 Å². The predicted octanol–water partition coefficient (Wildman–Crippen LogP) is 3.46. The monoisotopic (exact) mass is 466 g/mol. The second kappa shape index (κ2) is 8.98. The van der Waals surface area contributed by atoms with Crippen LogP contribution in [-0.2, 0) is 11.3 Å². The first kappa shape index (κ1) is 21.5. The number of pyridine rings is 1. The molecule has 6 rings (SSSR count). The predicted molar refractivity (Wildman–Crippen MR) is 138 cm³/mol. The first-order valence-electron chi connectivity index (χ1n) is 11.8. The summed E-state index contributed by atoms with van der Waals surface area (Å²) in [5, 5.41) is 9.26. The van der Waals surface area contributed by atoms with Crippen molar-refractivity contribution in [3.8, 4) is 22.4 Å². The Morgan fingerprint density at radius 2 is 1.80 bits per heavy atom. The molecule has 2 N–H and O–H groups in total. The van der Waals surface area contributed by atoms with E-state index in [1.165, 1.54) is 5.69 Å². The molecule has 0 radical (unpaired) electrons. The van der Waals surface area contributed by atoms with Gasteiger partial charge in [-0.15, -0.1) is 0 Å². The van der Waals surface area contributed by atoms with Crippen LogP contribution in [0.25, 0.3) is 38.9 Å². The molecule has 1 aliphatic rings. The number of nitrogens with one attached hydrogen (secondary N) is 2. The van der Waals surface area contributed by atoms with E-state index >= 15 is 0 Å². The maximum Gasteiger partial charge on any atom is 0.249 e. The van der Waals surface area contributed by atoms with Gasteiger partial charge in [0.25, 0.3) is 0 Å². The fraction of sp³-hybridized carbons (Fsp3) is 0.222. The van der Waals surface area contributed by atoms with Gasteiger partial charge in [-0.3, -0.25) is 4.79 Å². The molecule has 2 aromatic carbocycles. The van der Waals surface area contributed by atoms with E-state index in [9.17, 15) is 4.79 Å². The highest BCUT2D eigenvalue weighted by molar-refractivity contribution is 5.93. The van der Waals surface area contributed by atoms with Gasteiger partial charge in [0.15, 0.2) is 5.65 Å². The molecule has 0 aliphatic carbocycles. The summed E-state index contributed by atoms with van der Waals surface area (Å²) < 4.78 is 7.30. The minimum absolute atomic E-state index is 0.160. The number of piperazine rings is 1. The fourth-order valence-corrected chi connectivity index (χ4v) is 4.82. The molecule has 5 aromatic rings. The average molecular weight is 467 g/mol. The standard InChI is InChI=1S/C27H26N6O2/c1-35-17-24-21(18-6-8-19(9-7-18)32-12-10-28-11-13-32)14-26-29-16-25(33(26)31-24)22-15-27(34)30-23-5-3-2-4-20(22)23/h2-9,14-16,28H,10-13,17H2,1H3,(H,30,34). The third kappa shape index (κ3) is 3.96. The number of aromatic amines is 1. The number of methoxy groups -OCH3 is 1. The third-order valence-electron chi connectivity index (χ3n) is 6.54. The van der Waals surface area contributed by atoms with Gasteiger partial charge in [-0.25, -0.2) is 9.50 Å². The Labute approximate surface area is 202 Å². The van der Waals surface area contributed by atoms with Crippen LogP contribution in [0.2, 0.25) is 0 Å². The molecule has 4 heterocycles. The van der Waals surface area contributed by atoms with Gasteiger partial charge in [0, 0.05) is 67.1 Å². The zero-order valence-electron chi connectivity index (χ0n) is 19.5. The smallest absolute Gasteiger partial charge is 0.249 e. The van der Waals surface area contributed by atoms with Crippen molar-refractivity contribution in [1.82, 2.24) is 24.9 Å². The first-order valence-corrected chi connectivity index (χ1v) is 11.8. The molecular formula is C27H26N6O2. The van der Waals surface area contributed by atoms with Crippen LogP contribution in [0, 0.1) is 0 Å². The van der Waals surface area contributed by atoms with Gasteiger partial charge >= 0.3 is 0 Å². The molecule has 0 amide bonds. The fourth-order valence-electron chi connectivity index (χ4n) is 4.82. The van der Waals surface area contributed by atoms with Crippen LogP contribution in [-0.4, -0.2) is 52.9 Å². The van der Waals surface area contributed by atoms with Crippen molar-refractivity contribution in [3.63, 3.8) is 0 Å². The summed E-state index contributed by atoms with van der Waals surface area (Å²) in [6.07, 6.45) is 1.78. The number of nitrogens with zero attached hydrogens (tertiary/aromatic N) is 4. The van der Waals surface area contributed by atoms with Gasteiger partial charge < -0.3 is 19.9 Å². The molecule has 3 aromatic heterocycles. The molecule has 1 fully saturated rings. The minimum Gasteiger partial charge on any atom is -0.378 e. The number of benzene rings is 2. The number of aromatic nitrogens is 4. The van der Waals surface area contributed by atoms with Gasteiger partial charge in [0.1, 0.15) is 0 Å². The molecule has 0 spiro atoms. The van der Waals surface area contributed by atoms with Crippen LogP contribution >= 0.6 is 0 Å². The van der Waals surface area contributed by atoms with Gasteiger partial charge in [-0.05, 0) is 29.8 Å². The molecule has 8 nitrogen and oxygen atoms in total. The lowest BCUT2D eigenvalue weighted by Gasteiger charge is -2.29. The quantitative estimate of drug-likeness (QED) is 0.413. The summed E-state index contributed by atoms with van der Waals surface area (Å²) in [6, 6.07) is 20.0. The summed E-state index contributed by atoms with van der Waals surface area (Å²) in [4.78, 5) is 22.3. The van der Waals surface area contributed by atoms with Crippen molar-refractivity contribution in [2.24, 2.45) is 0 Å². The zero-order valence-corrected chi connectivity index (χ0v) is 19.5. The van der Waals surface area contributed by atoms with Crippen molar-refractivity contribution in [2.75, 3.05) is 38.2 Å². The van der Waals surface area contributed by atoms with Crippen LogP contribution in [0.1, 0.15) is 5.69 Å². The summed E-state index contributed by atoms with van der Waals surface area (Å²) >= 11 is 0. The lowest BCUT2D eigenvalue weighted by Crippen LogP contribution is -2.43. The summed E-state index contributed by atoms with van der Waals surface area (Å²) in [5.74, 6) is 0. The molecule has 0 saturated carbocycles. The van der Waals surface area contributed by atoms with E-state index < -0.39 is 0 Å². The summed E-state index contributed by atoms with van der Waals surface area (Å²) in [6.45, 7) is 4.39. The van der Waals surface area contributed by atoms with E-state index in [1.54, 1.807) is 23.9 Å². The number of fused-ring (bicyclic) bond motifs is 2. The lowest BCUT2D eigenvalue weighted by atomic mass is 10.0. The average Bonchev–Trinajstić information content (AvgIpc) is 3.31.